The summed E-state index contributed by atoms with van der Waals surface area (Å²) >= 11 is 3.30. The van der Waals surface area contributed by atoms with Gasteiger partial charge in [-0.3, -0.25) is 9.59 Å². The maximum atomic E-state index is 11.8. The van der Waals surface area contributed by atoms with Crippen molar-refractivity contribution in [3.8, 4) is 0 Å². The van der Waals surface area contributed by atoms with Gasteiger partial charge in [-0.05, 0) is 54.4 Å². The van der Waals surface area contributed by atoms with Gasteiger partial charge in [0.15, 0.2) is 0 Å². The van der Waals surface area contributed by atoms with Crippen LogP contribution in [0.2, 0.25) is 0 Å². The van der Waals surface area contributed by atoms with Crippen LogP contribution in [0.5, 0.6) is 0 Å². The van der Waals surface area contributed by atoms with Gasteiger partial charge in [0.05, 0.1) is 5.69 Å². The van der Waals surface area contributed by atoms with Crippen molar-refractivity contribution in [2.75, 3.05) is 5.32 Å². The number of carbonyl (C=O) groups excluding carboxylic acids is 1. The molecule has 17 heavy (non-hydrogen) atoms. The summed E-state index contributed by atoms with van der Waals surface area (Å²) in [4.78, 5) is 22.8. The lowest BCUT2D eigenvalue weighted by molar-refractivity contribution is -0.151. The number of aryl methyl sites for hydroxylation is 1. The molecule has 0 spiro atoms. The maximum Gasteiger partial charge on any atom is 0.318 e. The average Bonchev–Trinajstić information content (AvgIpc) is 2.23. The Morgan fingerprint density at radius 2 is 1.94 bits per heavy atom. The lowest BCUT2D eigenvalue weighted by Gasteiger charge is -2.19. The van der Waals surface area contributed by atoms with Crippen LogP contribution in [0.4, 0.5) is 5.69 Å². The van der Waals surface area contributed by atoms with Gasteiger partial charge in [0.25, 0.3) is 0 Å². The minimum Gasteiger partial charge on any atom is -0.480 e. The predicted molar refractivity (Wildman–Crippen MR) is 68.9 cm³/mol. The summed E-state index contributed by atoms with van der Waals surface area (Å²) in [6.07, 6.45) is 0. The molecule has 0 saturated carbocycles. The van der Waals surface area contributed by atoms with E-state index in [1.165, 1.54) is 13.8 Å². The second kappa shape index (κ2) is 4.87. The number of amides is 1. The van der Waals surface area contributed by atoms with E-state index in [0.29, 0.717) is 5.69 Å². The number of carboxylic acids is 1. The molecule has 0 aromatic heterocycles. The van der Waals surface area contributed by atoms with E-state index in [4.69, 9.17) is 5.11 Å². The highest BCUT2D eigenvalue weighted by molar-refractivity contribution is 9.10. The maximum absolute atomic E-state index is 11.8. The topological polar surface area (TPSA) is 66.4 Å². The molecule has 0 heterocycles. The van der Waals surface area contributed by atoms with Crippen LogP contribution in [-0.2, 0) is 9.59 Å². The first-order valence-corrected chi connectivity index (χ1v) is 5.85. The Balaban J connectivity index is 2.96. The molecule has 0 aliphatic heterocycles. The molecular formula is C12H14BrNO3. The van der Waals surface area contributed by atoms with Crippen LogP contribution in [-0.4, -0.2) is 17.0 Å². The Labute approximate surface area is 108 Å². The average molecular weight is 300 g/mol. The molecular weight excluding hydrogens is 286 g/mol. The van der Waals surface area contributed by atoms with Gasteiger partial charge < -0.3 is 10.4 Å². The van der Waals surface area contributed by atoms with Crippen molar-refractivity contribution in [1.82, 2.24) is 0 Å². The van der Waals surface area contributed by atoms with E-state index in [-0.39, 0.29) is 0 Å². The fourth-order valence-electron chi connectivity index (χ4n) is 1.11. The van der Waals surface area contributed by atoms with E-state index in [9.17, 15) is 9.59 Å². The van der Waals surface area contributed by atoms with Gasteiger partial charge in [-0.15, -0.1) is 0 Å². The molecule has 2 N–H and O–H groups in total. The largest absolute Gasteiger partial charge is 0.480 e. The molecule has 1 aromatic rings. The Hall–Kier alpha value is -1.36. The molecule has 0 atom stereocenters. The van der Waals surface area contributed by atoms with Gasteiger partial charge >= 0.3 is 5.97 Å². The van der Waals surface area contributed by atoms with Crippen molar-refractivity contribution < 1.29 is 14.7 Å². The number of benzene rings is 1. The number of aliphatic carboxylic acids is 1. The van der Waals surface area contributed by atoms with Crippen LogP contribution in [0.3, 0.4) is 0 Å². The number of anilines is 1. The van der Waals surface area contributed by atoms with Crippen molar-refractivity contribution in [2.45, 2.75) is 20.8 Å². The standard InChI is InChI=1S/C12H14BrNO3/c1-7-4-5-8(13)9(6-7)14-10(15)12(2,3)11(16)17/h4-6H,1-3H3,(H,14,15)(H,16,17). The van der Waals surface area contributed by atoms with Crippen molar-refractivity contribution in [1.29, 1.82) is 0 Å². The molecule has 0 aliphatic carbocycles. The lowest BCUT2D eigenvalue weighted by atomic mass is 9.92. The smallest absolute Gasteiger partial charge is 0.318 e. The van der Waals surface area contributed by atoms with E-state index in [1.807, 2.05) is 13.0 Å². The number of hydrogen-bond donors (Lipinski definition) is 2. The second-order valence-electron chi connectivity index (χ2n) is 4.37. The Morgan fingerprint density at radius 1 is 1.35 bits per heavy atom. The van der Waals surface area contributed by atoms with Crippen LogP contribution in [0.15, 0.2) is 22.7 Å². The van der Waals surface area contributed by atoms with E-state index in [2.05, 4.69) is 21.2 Å². The Morgan fingerprint density at radius 3 is 2.47 bits per heavy atom. The summed E-state index contributed by atoms with van der Waals surface area (Å²) in [7, 11) is 0. The molecule has 0 bridgehead atoms. The summed E-state index contributed by atoms with van der Waals surface area (Å²) in [5, 5.41) is 11.5. The number of carbonyl (C=O) groups is 2. The van der Waals surface area contributed by atoms with Crippen molar-refractivity contribution >= 4 is 33.5 Å². The molecule has 1 amide bonds. The van der Waals surface area contributed by atoms with Crippen LogP contribution in [0.1, 0.15) is 19.4 Å². The predicted octanol–water partition coefficient (Wildman–Crippen LogP) is 2.81. The molecule has 0 saturated heterocycles. The van der Waals surface area contributed by atoms with E-state index in [0.717, 1.165) is 10.0 Å². The number of nitrogens with one attached hydrogen (secondary N) is 1. The van der Waals surface area contributed by atoms with Crippen LogP contribution in [0, 0.1) is 12.3 Å². The third kappa shape index (κ3) is 3.06. The second-order valence-corrected chi connectivity index (χ2v) is 5.22. The summed E-state index contributed by atoms with van der Waals surface area (Å²) < 4.78 is 0.720. The number of rotatable bonds is 3. The molecule has 0 aliphatic rings. The van der Waals surface area contributed by atoms with Gasteiger partial charge in [0.1, 0.15) is 5.41 Å². The van der Waals surface area contributed by atoms with Crippen molar-refractivity contribution in [2.24, 2.45) is 5.41 Å². The van der Waals surface area contributed by atoms with Crippen LogP contribution >= 0.6 is 15.9 Å². The van der Waals surface area contributed by atoms with Gasteiger partial charge in [0, 0.05) is 4.47 Å². The van der Waals surface area contributed by atoms with Crippen LogP contribution in [0.25, 0.3) is 0 Å². The quantitative estimate of drug-likeness (QED) is 0.844. The van der Waals surface area contributed by atoms with Gasteiger partial charge in [0.2, 0.25) is 5.91 Å². The molecule has 0 unspecified atom stereocenters. The monoisotopic (exact) mass is 299 g/mol. The van der Waals surface area contributed by atoms with Crippen LogP contribution < -0.4 is 5.32 Å². The lowest BCUT2D eigenvalue weighted by Crippen LogP contribution is -2.37. The van der Waals surface area contributed by atoms with Gasteiger partial charge in [-0.1, -0.05) is 6.07 Å². The first kappa shape index (κ1) is 13.7. The summed E-state index contributed by atoms with van der Waals surface area (Å²) in [5.41, 5.74) is 0.101. The summed E-state index contributed by atoms with van der Waals surface area (Å²) in [5.74, 6) is -1.70. The SMILES string of the molecule is Cc1ccc(Br)c(NC(=O)C(C)(C)C(=O)O)c1. The van der Waals surface area contributed by atoms with Crippen molar-refractivity contribution in [3.05, 3.63) is 28.2 Å². The molecule has 5 heteroatoms. The zero-order valence-electron chi connectivity index (χ0n) is 9.87. The third-order valence-corrected chi connectivity index (χ3v) is 3.16. The van der Waals surface area contributed by atoms with E-state index >= 15 is 0 Å². The fourth-order valence-corrected chi connectivity index (χ4v) is 1.46. The molecule has 1 rings (SSSR count). The molecule has 0 radical (unpaired) electrons. The molecule has 0 fully saturated rings. The summed E-state index contributed by atoms with van der Waals surface area (Å²) in [6, 6.07) is 5.47. The molecule has 92 valence electrons. The van der Waals surface area contributed by atoms with E-state index < -0.39 is 17.3 Å². The minimum absolute atomic E-state index is 0.545. The Kier molecular flexibility index (Phi) is 3.93. The minimum atomic E-state index is -1.46. The number of hydrogen-bond acceptors (Lipinski definition) is 2. The molecule has 1 aromatic carbocycles. The first-order chi connectivity index (χ1) is 7.75. The van der Waals surface area contributed by atoms with Gasteiger partial charge in [-0.25, -0.2) is 0 Å². The highest BCUT2D eigenvalue weighted by Crippen LogP contribution is 2.26. The first-order valence-electron chi connectivity index (χ1n) is 5.06. The van der Waals surface area contributed by atoms with Gasteiger partial charge in [-0.2, -0.15) is 0 Å². The highest BCUT2D eigenvalue weighted by atomic mass is 79.9. The summed E-state index contributed by atoms with van der Waals surface area (Å²) in [6.45, 7) is 4.63. The number of halogens is 1. The number of carboxylic acid groups (broad SMARTS) is 1. The Bertz CT molecular complexity index is 469. The van der Waals surface area contributed by atoms with Crippen molar-refractivity contribution in [3.63, 3.8) is 0 Å². The zero-order valence-corrected chi connectivity index (χ0v) is 11.5. The zero-order chi connectivity index (χ0) is 13.2. The highest BCUT2D eigenvalue weighted by Gasteiger charge is 2.36. The fraction of sp³-hybridized carbons (Fsp3) is 0.333. The molecule has 4 nitrogen and oxygen atoms in total. The normalized spacial score (nSPS) is 11.1. The van der Waals surface area contributed by atoms with E-state index in [1.54, 1.807) is 12.1 Å². The third-order valence-electron chi connectivity index (χ3n) is 2.47.